The van der Waals surface area contributed by atoms with Crippen molar-refractivity contribution in [3.63, 3.8) is 0 Å². The highest BCUT2D eigenvalue weighted by Crippen LogP contribution is 2.05. The molecule has 0 bridgehead atoms. The molecule has 0 fully saturated rings. The van der Waals surface area contributed by atoms with Crippen molar-refractivity contribution in [2.45, 2.75) is 26.3 Å². The number of nitrogens with zero attached hydrogens (tertiary/aromatic N) is 5. The van der Waals surface area contributed by atoms with Gasteiger partial charge in [0.1, 0.15) is 5.82 Å². The lowest BCUT2D eigenvalue weighted by atomic mass is 10.3. The van der Waals surface area contributed by atoms with E-state index >= 15 is 0 Å². The van der Waals surface area contributed by atoms with Crippen LogP contribution in [0.2, 0.25) is 0 Å². The molecule has 140 valence electrons. The summed E-state index contributed by atoms with van der Waals surface area (Å²) in [7, 11) is 0. The molecule has 0 radical (unpaired) electrons. The molecule has 0 aromatic carbocycles. The van der Waals surface area contributed by atoms with E-state index in [-0.39, 0.29) is 24.0 Å². The van der Waals surface area contributed by atoms with Crippen molar-refractivity contribution in [1.29, 1.82) is 0 Å². The Labute approximate surface area is 170 Å². The monoisotopic (exact) mass is 467 g/mol. The summed E-state index contributed by atoms with van der Waals surface area (Å²) in [5.41, 5.74) is 0.890. The summed E-state index contributed by atoms with van der Waals surface area (Å²) in [6.07, 6.45) is 7.92. The predicted molar refractivity (Wildman–Crippen MR) is 115 cm³/mol. The molecule has 2 N–H and O–H groups in total. The van der Waals surface area contributed by atoms with Crippen LogP contribution < -0.4 is 10.6 Å². The van der Waals surface area contributed by atoms with Crippen molar-refractivity contribution in [2.75, 3.05) is 19.6 Å². The number of hydrogen-bond acceptors (Lipinski definition) is 3. The molecule has 3 aromatic rings. The van der Waals surface area contributed by atoms with Gasteiger partial charge in [-0.05, 0) is 37.6 Å². The van der Waals surface area contributed by atoms with Gasteiger partial charge in [0.2, 0.25) is 0 Å². The minimum Gasteiger partial charge on any atom is -0.357 e. The van der Waals surface area contributed by atoms with Gasteiger partial charge in [0, 0.05) is 51.2 Å². The van der Waals surface area contributed by atoms with Crippen LogP contribution in [0.1, 0.15) is 19.2 Å². The van der Waals surface area contributed by atoms with Crippen molar-refractivity contribution < 1.29 is 0 Å². The van der Waals surface area contributed by atoms with Crippen molar-refractivity contribution >= 4 is 35.6 Å². The lowest BCUT2D eigenvalue weighted by molar-refractivity contribution is 0.664. The molecule has 0 aliphatic heterocycles. The molecule has 26 heavy (non-hydrogen) atoms. The minimum atomic E-state index is 0. The Morgan fingerprint density at radius 2 is 1.88 bits per heavy atom. The largest absolute Gasteiger partial charge is 0.357 e. The molecule has 8 heteroatoms. The lowest BCUT2D eigenvalue weighted by Gasteiger charge is -2.11. The van der Waals surface area contributed by atoms with E-state index in [4.69, 9.17) is 0 Å². The van der Waals surface area contributed by atoms with E-state index in [9.17, 15) is 0 Å². The number of aryl methyl sites for hydroxylation is 1. The van der Waals surface area contributed by atoms with Gasteiger partial charge in [0.15, 0.2) is 11.6 Å². The summed E-state index contributed by atoms with van der Waals surface area (Å²) >= 11 is 0. The summed E-state index contributed by atoms with van der Waals surface area (Å²) < 4.78 is 4.18. The molecule has 0 atom stereocenters. The summed E-state index contributed by atoms with van der Waals surface area (Å²) in [5, 5.41) is 15.1. The molecule has 3 heterocycles. The molecule has 0 unspecified atom stereocenters. The van der Waals surface area contributed by atoms with Gasteiger partial charge in [-0.25, -0.2) is 0 Å². The topological polar surface area (TPSA) is 71.5 Å². The molecule has 3 rings (SSSR count). The Morgan fingerprint density at radius 1 is 1.08 bits per heavy atom. The lowest BCUT2D eigenvalue weighted by Crippen LogP contribution is -2.38. The molecule has 3 aromatic heterocycles. The summed E-state index contributed by atoms with van der Waals surface area (Å²) in [6.45, 7) is 5.44. The number of hydrogen-bond donors (Lipinski definition) is 2. The Balaban J connectivity index is 0.00000243. The highest BCUT2D eigenvalue weighted by molar-refractivity contribution is 14.0. The number of nitrogens with one attached hydrogen (secondary N) is 2. The average molecular weight is 467 g/mol. The van der Waals surface area contributed by atoms with E-state index in [0.29, 0.717) is 0 Å². The Morgan fingerprint density at radius 3 is 2.69 bits per heavy atom. The van der Waals surface area contributed by atoms with Crippen molar-refractivity contribution in [2.24, 2.45) is 4.99 Å². The molecule has 0 amide bonds. The maximum atomic E-state index is 4.64. The Kier molecular flexibility index (Phi) is 8.39. The summed E-state index contributed by atoms with van der Waals surface area (Å²) in [4.78, 5) is 4.64. The molecule has 0 saturated carbocycles. The number of pyridine rings is 1. The van der Waals surface area contributed by atoms with Crippen LogP contribution >= 0.6 is 24.0 Å². The maximum Gasteiger partial charge on any atom is 0.191 e. The zero-order chi connectivity index (χ0) is 17.3. The highest BCUT2D eigenvalue weighted by atomic mass is 127. The van der Waals surface area contributed by atoms with Crippen LogP contribution in [-0.2, 0) is 13.0 Å². The van der Waals surface area contributed by atoms with Crippen molar-refractivity contribution in [1.82, 2.24) is 29.8 Å². The van der Waals surface area contributed by atoms with Crippen molar-refractivity contribution in [3.05, 3.63) is 54.7 Å². The Hall–Kier alpha value is -2.10. The third-order valence-electron chi connectivity index (χ3n) is 3.89. The first-order valence-electron chi connectivity index (χ1n) is 8.78. The van der Waals surface area contributed by atoms with E-state index in [1.54, 1.807) is 0 Å². The smallest absolute Gasteiger partial charge is 0.191 e. The van der Waals surface area contributed by atoms with Crippen LogP contribution in [0, 0.1) is 0 Å². The van der Waals surface area contributed by atoms with E-state index in [2.05, 4.69) is 49.7 Å². The SMILES string of the molecule is CCNC(=NCCCc1nnc2ccccn12)NCCn1cccc1.I. The van der Waals surface area contributed by atoms with Gasteiger partial charge in [-0.1, -0.05) is 6.07 Å². The number of guanidine groups is 1. The van der Waals surface area contributed by atoms with Crippen LogP contribution in [0.5, 0.6) is 0 Å². The fourth-order valence-electron chi connectivity index (χ4n) is 2.65. The van der Waals surface area contributed by atoms with E-state index in [1.165, 1.54) is 0 Å². The number of rotatable bonds is 8. The minimum absolute atomic E-state index is 0. The van der Waals surface area contributed by atoms with Crippen LogP contribution in [0.25, 0.3) is 5.65 Å². The van der Waals surface area contributed by atoms with Gasteiger partial charge in [-0.2, -0.15) is 0 Å². The second-order valence-electron chi connectivity index (χ2n) is 5.76. The molecule has 0 aliphatic rings. The number of halogens is 1. The Bertz CT molecular complexity index is 795. The standard InChI is InChI=1S/C18H25N7.HI/c1-2-19-18(21-11-15-24-12-5-6-13-24)20-10-7-9-17-23-22-16-8-3-4-14-25(16)17;/h3-6,8,12-14H,2,7,9-11,15H2,1H3,(H2,19,20,21);1H. The third kappa shape index (κ3) is 5.72. The van der Waals surface area contributed by atoms with Gasteiger partial charge in [-0.3, -0.25) is 9.39 Å². The first-order chi connectivity index (χ1) is 12.4. The fourth-order valence-corrected chi connectivity index (χ4v) is 2.65. The maximum absolute atomic E-state index is 4.64. The van der Waals surface area contributed by atoms with E-state index < -0.39 is 0 Å². The second-order valence-corrected chi connectivity index (χ2v) is 5.76. The average Bonchev–Trinajstić information content (AvgIpc) is 3.28. The highest BCUT2D eigenvalue weighted by Gasteiger charge is 2.04. The molecule has 7 nitrogen and oxygen atoms in total. The van der Waals surface area contributed by atoms with Crippen LogP contribution in [0.3, 0.4) is 0 Å². The van der Waals surface area contributed by atoms with Gasteiger partial charge in [0.25, 0.3) is 0 Å². The van der Waals surface area contributed by atoms with Crippen molar-refractivity contribution in [3.8, 4) is 0 Å². The number of aliphatic imine (C=N–C) groups is 1. The normalized spacial score (nSPS) is 11.3. The summed E-state index contributed by atoms with van der Waals surface area (Å²) in [6, 6.07) is 10.0. The van der Waals surface area contributed by atoms with E-state index in [0.717, 1.165) is 56.5 Å². The fraction of sp³-hybridized carbons (Fsp3) is 0.389. The zero-order valence-corrected chi connectivity index (χ0v) is 17.3. The molecular formula is C18H26IN7. The van der Waals surface area contributed by atoms with Crippen LogP contribution in [0.15, 0.2) is 53.9 Å². The zero-order valence-electron chi connectivity index (χ0n) is 15.0. The van der Waals surface area contributed by atoms with Gasteiger partial charge in [-0.15, -0.1) is 34.2 Å². The molecular weight excluding hydrogens is 441 g/mol. The third-order valence-corrected chi connectivity index (χ3v) is 3.89. The first-order valence-corrected chi connectivity index (χ1v) is 8.78. The molecule has 0 spiro atoms. The number of fused-ring (bicyclic) bond motifs is 1. The molecule has 0 aliphatic carbocycles. The predicted octanol–water partition coefficient (Wildman–Crippen LogP) is 2.34. The van der Waals surface area contributed by atoms with Crippen LogP contribution in [0.4, 0.5) is 0 Å². The van der Waals surface area contributed by atoms with Gasteiger partial charge < -0.3 is 15.2 Å². The van der Waals surface area contributed by atoms with Crippen LogP contribution in [-0.4, -0.2) is 44.8 Å². The quantitative estimate of drug-likeness (QED) is 0.231. The number of aromatic nitrogens is 4. The van der Waals surface area contributed by atoms with Gasteiger partial charge >= 0.3 is 0 Å². The van der Waals surface area contributed by atoms with Gasteiger partial charge in [0.05, 0.1) is 0 Å². The summed E-state index contributed by atoms with van der Waals surface area (Å²) in [5.74, 6) is 1.84. The first kappa shape index (κ1) is 20.2. The molecule has 0 saturated heterocycles. The second kappa shape index (κ2) is 10.8. The van der Waals surface area contributed by atoms with E-state index in [1.807, 2.05) is 40.9 Å².